The highest BCUT2D eigenvalue weighted by atomic mass is 16.3. The first kappa shape index (κ1) is 16.0. The molecule has 0 aromatic heterocycles. The fourth-order valence-corrected chi connectivity index (χ4v) is 2.20. The number of aliphatic hydroxyl groups is 1. The van der Waals surface area contributed by atoms with E-state index in [2.05, 4.69) is 20.8 Å². The second-order valence-corrected chi connectivity index (χ2v) is 6.07. The van der Waals surface area contributed by atoms with E-state index >= 15 is 0 Å². The molecule has 1 N–H and O–H groups in total. The van der Waals surface area contributed by atoms with Crippen LogP contribution in [0, 0.1) is 5.41 Å². The van der Waals surface area contributed by atoms with Gasteiger partial charge in [-0.15, -0.1) is 0 Å². The second kappa shape index (κ2) is 9.04. The Morgan fingerprint density at radius 2 is 1.50 bits per heavy atom. The van der Waals surface area contributed by atoms with Gasteiger partial charge in [-0.3, -0.25) is 0 Å². The summed E-state index contributed by atoms with van der Waals surface area (Å²) in [4.78, 5) is 0. The van der Waals surface area contributed by atoms with Crippen molar-refractivity contribution in [2.45, 2.75) is 91.6 Å². The molecule has 0 radical (unpaired) electrons. The topological polar surface area (TPSA) is 20.2 Å². The predicted octanol–water partition coefficient (Wildman–Crippen LogP) is 4.92. The Hall–Kier alpha value is -0.0400. The van der Waals surface area contributed by atoms with Crippen LogP contribution < -0.4 is 0 Å². The van der Waals surface area contributed by atoms with Crippen LogP contribution in [0.1, 0.15) is 85.5 Å². The van der Waals surface area contributed by atoms with E-state index in [0.717, 1.165) is 6.42 Å². The highest BCUT2D eigenvalue weighted by molar-refractivity contribution is 4.68. The van der Waals surface area contributed by atoms with Gasteiger partial charge in [-0.2, -0.15) is 0 Å². The van der Waals surface area contributed by atoms with Crippen LogP contribution in [0.3, 0.4) is 0 Å². The number of rotatable bonds is 10. The molecule has 0 saturated carbocycles. The van der Waals surface area contributed by atoms with E-state index in [1.807, 2.05) is 6.92 Å². The van der Waals surface area contributed by atoms with Crippen molar-refractivity contribution in [2.24, 2.45) is 5.41 Å². The van der Waals surface area contributed by atoms with E-state index in [4.69, 9.17) is 0 Å². The van der Waals surface area contributed by atoms with Crippen molar-refractivity contribution in [1.29, 1.82) is 0 Å². The summed E-state index contributed by atoms with van der Waals surface area (Å²) in [7, 11) is 0. The van der Waals surface area contributed by atoms with Gasteiger partial charge in [0.1, 0.15) is 0 Å². The predicted molar refractivity (Wildman–Crippen MR) is 72.7 cm³/mol. The van der Waals surface area contributed by atoms with Gasteiger partial charge in [-0.1, -0.05) is 59.3 Å². The Bertz CT molecular complexity index is 150. The standard InChI is InChI=1S/C15H32O/c1-5-6-7-9-12-15(3,4)13-10-8-11-14(2)16/h14,16H,5-13H2,1-4H3. The summed E-state index contributed by atoms with van der Waals surface area (Å²) < 4.78 is 0. The normalized spacial score (nSPS) is 14.1. The molecule has 0 aromatic rings. The maximum Gasteiger partial charge on any atom is 0.0512 e. The first-order chi connectivity index (χ1) is 7.48. The van der Waals surface area contributed by atoms with E-state index in [1.54, 1.807) is 0 Å². The van der Waals surface area contributed by atoms with Gasteiger partial charge in [-0.25, -0.2) is 0 Å². The molecule has 0 aliphatic carbocycles. The highest BCUT2D eigenvalue weighted by Gasteiger charge is 2.16. The zero-order valence-corrected chi connectivity index (χ0v) is 11.9. The summed E-state index contributed by atoms with van der Waals surface area (Å²) in [6.45, 7) is 8.93. The average Bonchev–Trinajstić information content (AvgIpc) is 2.19. The fraction of sp³-hybridized carbons (Fsp3) is 1.00. The van der Waals surface area contributed by atoms with Crippen LogP contribution in [-0.4, -0.2) is 11.2 Å². The van der Waals surface area contributed by atoms with Crippen molar-refractivity contribution in [2.75, 3.05) is 0 Å². The number of aliphatic hydroxyl groups excluding tert-OH is 1. The molecule has 0 heterocycles. The van der Waals surface area contributed by atoms with Gasteiger partial charge in [0.25, 0.3) is 0 Å². The van der Waals surface area contributed by atoms with Crippen LogP contribution in [-0.2, 0) is 0 Å². The molecule has 0 rings (SSSR count). The summed E-state index contributed by atoms with van der Waals surface area (Å²) >= 11 is 0. The van der Waals surface area contributed by atoms with Crippen LogP contribution in [0.2, 0.25) is 0 Å². The lowest BCUT2D eigenvalue weighted by Gasteiger charge is -2.24. The van der Waals surface area contributed by atoms with Gasteiger partial charge in [0.05, 0.1) is 6.10 Å². The number of hydrogen-bond acceptors (Lipinski definition) is 1. The molecule has 0 saturated heterocycles. The first-order valence-corrected chi connectivity index (χ1v) is 7.16. The smallest absolute Gasteiger partial charge is 0.0512 e. The third kappa shape index (κ3) is 10.5. The van der Waals surface area contributed by atoms with Crippen molar-refractivity contribution >= 4 is 0 Å². The molecule has 1 heteroatoms. The lowest BCUT2D eigenvalue weighted by Crippen LogP contribution is -2.11. The van der Waals surface area contributed by atoms with Crippen LogP contribution >= 0.6 is 0 Å². The molecule has 1 nitrogen and oxygen atoms in total. The Morgan fingerprint density at radius 3 is 2.00 bits per heavy atom. The second-order valence-electron chi connectivity index (χ2n) is 6.07. The maximum atomic E-state index is 9.18. The Kier molecular flexibility index (Phi) is 9.02. The first-order valence-electron chi connectivity index (χ1n) is 7.16. The molecule has 16 heavy (non-hydrogen) atoms. The van der Waals surface area contributed by atoms with Crippen molar-refractivity contribution in [3.05, 3.63) is 0 Å². The molecule has 1 atom stereocenters. The van der Waals surface area contributed by atoms with Crippen LogP contribution in [0.5, 0.6) is 0 Å². The van der Waals surface area contributed by atoms with Gasteiger partial charge in [0.2, 0.25) is 0 Å². The third-order valence-electron chi connectivity index (χ3n) is 3.43. The maximum absolute atomic E-state index is 9.18. The summed E-state index contributed by atoms with van der Waals surface area (Å²) in [6.07, 6.45) is 11.5. The van der Waals surface area contributed by atoms with Crippen LogP contribution in [0.4, 0.5) is 0 Å². The molecule has 0 spiro atoms. The minimum atomic E-state index is -0.118. The molecule has 0 aromatic carbocycles. The monoisotopic (exact) mass is 228 g/mol. The van der Waals surface area contributed by atoms with Crippen molar-refractivity contribution in [3.8, 4) is 0 Å². The minimum absolute atomic E-state index is 0.118. The Labute approximate surface area is 103 Å². The van der Waals surface area contributed by atoms with E-state index < -0.39 is 0 Å². The molecule has 0 aliphatic heterocycles. The summed E-state index contributed by atoms with van der Waals surface area (Å²) in [5, 5.41) is 9.18. The average molecular weight is 228 g/mol. The molecular weight excluding hydrogens is 196 g/mol. The highest BCUT2D eigenvalue weighted by Crippen LogP contribution is 2.30. The largest absolute Gasteiger partial charge is 0.393 e. The van der Waals surface area contributed by atoms with Crippen LogP contribution in [0.15, 0.2) is 0 Å². The van der Waals surface area contributed by atoms with Crippen LogP contribution in [0.25, 0.3) is 0 Å². The van der Waals surface area contributed by atoms with Gasteiger partial charge in [0.15, 0.2) is 0 Å². The van der Waals surface area contributed by atoms with Crippen molar-refractivity contribution in [3.63, 3.8) is 0 Å². The van der Waals surface area contributed by atoms with Gasteiger partial charge < -0.3 is 5.11 Å². The van der Waals surface area contributed by atoms with E-state index in [-0.39, 0.29) is 6.10 Å². The molecule has 1 unspecified atom stereocenters. The minimum Gasteiger partial charge on any atom is -0.393 e. The molecular formula is C15H32O. The third-order valence-corrected chi connectivity index (χ3v) is 3.43. The fourth-order valence-electron chi connectivity index (χ4n) is 2.20. The van der Waals surface area contributed by atoms with Gasteiger partial charge in [0, 0.05) is 0 Å². The zero-order valence-electron chi connectivity index (χ0n) is 11.9. The van der Waals surface area contributed by atoms with Crippen molar-refractivity contribution < 1.29 is 5.11 Å². The molecule has 0 fully saturated rings. The molecule has 98 valence electrons. The quantitative estimate of drug-likeness (QED) is 0.526. The summed E-state index contributed by atoms with van der Waals surface area (Å²) in [5.74, 6) is 0. The van der Waals surface area contributed by atoms with Gasteiger partial charge >= 0.3 is 0 Å². The number of hydrogen-bond donors (Lipinski definition) is 1. The lowest BCUT2D eigenvalue weighted by atomic mass is 9.82. The molecule has 0 amide bonds. The Balaban J connectivity index is 3.46. The summed E-state index contributed by atoms with van der Waals surface area (Å²) in [5.41, 5.74) is 0.506. The number of unbranched alkanes of at least 4 members (excludes halogenated alkanes) is 4. The molecule has 0 bridgehead atoms. The SMILES string of the molecule is CCCCCCC(C)(C)CCCCC(C)O. The van der Waals surface area contributed by atoms with E-state index in [0.29, 0.717) is 5.41 Å². The lowest BCUT2D eigenvalue weighted by molar-refractivity contribution is 0.176. The molecule has 0 aliphatic rings. The van der Waals surface area contributed by atoms with E-state index in [9.17, 15) is 5.11 Å². The summed E-state index contributed by atoms with van der Waals surface area (Å²) in [6, 6.07) is 0. The Morgan fingerprint density at radius 1 is 0.938 bits per heavy atom. The van der Waals surface area contributed by atoms with Gasteiger partial charge in [-0.05, 0) is 31.6 Å². The zero-order chi connectivity index (χ0) is 12.4. The van der Waals surface area contributed by atoms with E-state index in [1.165, 1.54) is 51.4 Å². The van der Waals surface area contributed by atoms with Crippen molar-refractivity contribution in [1.82, 2.24) is 0 Å².